The van der Waals surface area contributed by atoms with Gasteiger partial charge in [-0.25, -0.2) is 9.97 Å². The second kappa shape index (κ2) is 5.12. The Labute approximate surface area is 119 Å². The molecule has 1 aromatic carbocycles. The maximum Gasteiger partial charge on any atom is 0.337 e. The first-order valence-electron chi connectivity index (χ1n) is 6.23. The van der Waals surface area contributed by atoms with E-state index in [2.05, 4.69) is 20.3 Å². The molecule has 2 heterocycles. The molecule has 0 aliphatic rings. The normalized spacial score (nSPS) is 10.5. The Hall–Kier alpha value is -3.09. The summed E-state index contributed by atoms with van der Waals surface area (Å²) in [6.45, 7) is 0. The molecule has 3 aromatic rings. The van der Waals surface area contributed by atoms with E-state index in [9.17, 15) is 10.1 Å². The lowest BCUT2D eigenvalue weighted by Gasteiger charge is -2.06. The van der Waals surface area contributed by atoms with Crippen molar-refractivity contribution in [3.05, 3.63) is 53.0 Å². The first-order chi connectivity index (χ1) is 10.2. The molecule has 0 saturated carbocycles. The van der Waals surface area contributed by atoms with Crippen LogP contribution in [0.25, 0.3) is 22.2 Å². The molecule has 0 saturated heterocycles. The third-order valence-corrected chi connectivity index (χ3v) is 3.12. The van der Waals surface area contributed by atoms with Crippen LogP contribution in [-0.4, -0.2) is 26.9 Å². The molecule has 3 rings (SSSR count). The zero-order valence-corrected chi connectivity index (χ0v) is 11.1. The van der Waals surface area contributed by atoms with Crippen molar-refractivity contribution in [2.75, 3.05) is 12.4 Å². The van der Waals surface area contributed by atoms with Crippen LogP contribution < -0.4 is 5.32 Å². The van der Waals surface area contributed by atoms with E-state index in [-0.39, 0.29) is 17.2 Å². The van der Waals surface area contributed by atoms with Crippen LogP contribution in [0.3, 0.4) is 0 Å². The minimum absolute atomic E-state index is 0.136. The van der Waals surface area contributed by atoms with Crippen molar-refractivity contribution in [3.8, 4) is 11.3 Å². The molecule has 0 aliphatic heterocycles. The van der Waals surface area contributed by atoms with E-state index >= 15 is 0 Å². The summed E-state index contributed by atoms with van der Waals surface area (Å²) < 4.78 is 0. The standard InChI is InChI=1S/C14H11N5O2/c1-15-14-13(19(20)21)12(17-8-18-14)10-4-5-11-9(7-10)3-2-6-16-11/h2-8H,1H3,(H,15,17,18). The van der Waals surface area contributed by atoms with Crippen molar-refractivity contribution < 1.29 is 4.92 Å². The summed E-state index contributed by atoms with van der Waals surface area (Å²) in [4.78, 5) is 23.0. The fourth-order valence-corrected chi connectivity index (χ4v) is 2.17. The van der Waals surface area contributed by atoms with Gasteiger partial charge in [0.2, 0.25) is 5.82 Å². The monoisotopic (exact) mass is 281 g/mol. The molecule has 0 aliphatic carbocycles. The van der Waals surface area contributed by atoms with Crippen LogP contribution in [0.2, 0.25) is 0 Å². The fourth-order valence-electron chi connectivity index (χ4n) is 2.17. The van der Waals surface area contributed by atoms with Gasteiger partial charge < -0.3 is 5.32 Å². The quantitative estimate of drug-likeness (QED) is 0.586. The number of aromatic nitrogens is 3. The van der Waals surface area contributed by atoms with Crippen molar-refractivity contribution in [3.63, 3.8) is 0 Å². The van der Waals surface area contributed by atoms with Gasteiger partial charge in [0, 0.05) is 24.2 Å². The maximum absolute atomic E-state index is 11.3. The van der Waals surface area contributed by atoms with Gasteiger partial charge in [0.1, 0.15) is 6.33 Å². The van der Waals surface area contributed by atoms with Gasteiger partial charge in [-0.1, -0.05) is 12.1 Å². The fraction of sp³-hybridized carbons (Fsp3) is 0.0714. The molecular weight excluding hydrogens is 270 g/mol. The molecule has 104 valence electrons. The number of benzene rings is 1. The van der Waals surface area contributed by atoms with E-state index in [1.54, 1.807) is 19.3 Å². The molecule has 21 heavy (non-hydrogen) atoms. The summed E-state index contributed by atoms with van der Waals surface area (Å²) in [7, 11) is 1.59. The Morgan fingerprint density at radius 3 is 2.81 bits per heavy atom. The Kier molecular flexibility index (Phi) is 3.15. The molecule has 0 spiro atoms. The van der Waals surface area contributed by atoms with E-state index in [0.29, 0.717) is 5.56 Å². The summed E-state index contributed by atoms with van der Waals surface area (Å²) in [5.74, 6) is 0.191. The lowest BCUT2D eigenvalue weighted by molar-refractivity contribution is -0.383. The molecule has 0 amide bonds. The minimum Gasteiger partial charge on any atom is -0.367 e. The number of hydrogen-bond acceptors (Lipinski definition) is 6. The van der Waals surface area contributed by atoms with Crippen LogP contribution in [0, 0.1) is 10.1 Å². The van der Waals surface area contributed by atoms with Crippen LogP contribution in [-0.2, 0) is 0 Å². The van der Waals surface area contributed by atoms with E-state index < -0.39 is 4.92 Å². The Morgan fingerprint density at radius 1 is 1.19 bits per heavy atom. The summed E-state index contributed by atoms with van der Waals surface area (Å²) in [5, 5.41) is 14.9. The Balaban J connectivity index is 2.24. The highest BCUT2D eigenvalue weighted by Crippen LogP contribution is 2.33. The molecule has 1 N–H and O–H groups in total. The van der Waals surface area contributed by atoms with Crippen LogP contribution in [0.1, 0.15) is 0 Å². The first-order valence-corrected chi connectivity index (χ1v) is 6.23. The lowest BCUT2D eigenvalue weighted by Crippen LogP contribution is -2.03. The maximum atomic E-state index is 11.3. The van der Waals surface area contributed by atoms with Crippen molar-refractivity contribution in [2.45, 2.75) is 0 Å². The van der Waals surface area contributed by atoms with Crippen LogP contribution in [0.5, 0.6) is 0 Å². The van der Waals surface area contributed by atoms with Crippen LogP contribution in [0.4, 0.5) is 11.5 Å². The van der Waals surface area contributed by atoms with Crippen LogP contribution in [0.15, 0.2) is 42.9 Å². The molecule has 0 radical (unpaired) electrons. The minimum atomic E-state index is -0.478. The number of pyridine rings is 1. The number of fused-ring (bicyclic) bond motifs is 1. The number of nitro groups is 1. The summed E-state index contributed by atoms with van der Waals surface area (Å²) in [6.07, 6.45) is 3.01. The van der Waals surface area contributed by atoms with Gasteiger partial charge in [0.25, 0.3) is 0 Å². The molecule has 2 aromatic heterocycles. The van der Waals surface area contributed by atoms with Gasteiger partial charge in [-0.2, -0.15) is 0 Å². The van der Waals surface area contributed by atoms with Crippen molar-refractivity contribution in [2.24, 2.45) is 0 Å². The molecule has 0 bridgehead atoms. The molecular formula is C14H11N5O2. The zero-order chi connectivity index (χ0) is 14.8. The SMILES string of the molecule is CNc1ncnc(-c2ccc3ncccc3c2)c1[N+](=O)[O-]. The van der Waals surface area contributed by atoms with E-state index in [1.807, 2.05) is 24.3 Å². The van der Waals surface area contributed by atoms with Gasteiger partial charge in [0.15, 0.2) is 5.69 Å². The number of anilines is 1. The number of nitrogens with zero attached hydrogens (tertiary/aromatic N) is 4. The third kappa shape index (κ3) is 2.25. The lowest BCUT2D eigenvalue weighted by atomic mass is 10.1. The molecule has 7 heteroatoms. The van der Waals surface area contributed by atoms with Crippen molar-refractivity contribution in [1.82, 2.24) is 15.0 Å². The predicted molar refractivity (Wildman–Crippen MR) is 79.0 cm³/mol. The van der Waals surface area contributed by atoms with E-state index in [4.69, 9.17) is 0 Å². The Morgan fingerprint density at radius 2 is 2.05 bits per heavy atom. The summed E-state index contributed by atoms with van der Waals surface area (Å²) in [5.41, 5.74) is 1.63. The van der Waals surface area contributed by atoms with Crippen LogP contribution >= 0.6 is 0 Å². The topological polar surface area (TPSA) is 93.8 Å². The van der Waals surface area contributed by atoms with Crippen molar-refractivity contribution >= 4 is 22.4 Å². The summed E-state index contributed by atoms with van der Waals surface area (Å²) >= 11 is 0. The van der Waals surface area contributed by atoms with E-state index in [0.717, 1.165) is 10.9 Å². The highest BCUT2D eigenvalue weighted by molar-refractivity contribution is 5.86. The smallest absolute Gasteiger partial charge is 0.337 e. The van der Waals surface area contributed by atoms with Gasteiger partial charge in [-0.3, -0.25) is 15.1 Å². The largest absolute Gasteiger partial charge is 0.367 e. The second-order valence-electron chi connectivity index (χ2n) is 4.34. The first kappa shape index (κ1) is 12.9. The third-order valence-electron chi connectivity index (χ3n) is 3.12. The second-order valence-corrected chi connectivity index (χ2v) is 4.34. The molecule has 7 nitrogen and oxygen atoms in total. The average Bonchev–Trinajstić information content (AvgIpc) is 2.53. The van der Waals surface area contributed by atoms with Gasteiger partial charge >= 0.3 is 5.69 Å². The van der Waals surface area contributed by atoms with E-state index in [1.165, 1.54) is 6.33 Å². The average molecular weight is 281 g/mol. The predicted octanol–water partition coefficient (Wildman–Crippen LogP) is 2.64. The van der Waals surface area contributed by atoms with Crippen molar-refractivity contribution in [1.29, 1.82) is 0 Å². The molecule has 0 atom stereocenters. The molecule has 0 fully saturated rings. The highest BCUT2D eigenvalue weighted by Gasteiger charge is 2.23. The highest BCUT2D eigenvalue weighted by atomic mass is 16.6. The molecule has 0 unspecified atom stereocenters. The number of nitrogens with one attached hydrogen (secondary N) is 1. The number of rotatable bonds is 3. The van der Waals surface area contributed by atoms with Gasteiger partial charge in [0.05, 0.1) is 10.4 Å². The summed E-state index contributed by atoms with van der Waals surface area (Å²) in [6, 6.07) is 9.13. The van der Waals surface area contributed by atoms with Gasteiger partial charge in [-0.15, -0.1) is 0 Å². The Bertz CT molecular complexity index is 834. The zero-order valence-electron chi connectivity index (χ0n) is 11.1. The number of hydrogen-bond donors (Lipinski definition) is 1. The van der Waals surface area contributed by atoms with Gasteiger partial charge in [-0.05, 0) is 18.2 Å².